The first-order chi connectivity index (χ1) is 10.6. The lowest BCUT2D eigenvalue weighted by Crippen LogP contribution is -2.07. The average Bonchev–Trinajstić information content (AvgIpc) is 2.54. The molecular weight excluding hydrogens is 296 g/mol. The third-order valence-corrected chi connectivity index (χ3v) is 3.88. The fourth-order valence-electron chi connectivity index (χ4n) is 2.33. The van der Waals surface area contributed by atoms with Gasteiger partial charge in [0.25, 0.3) is 0 Å². The van der Waals surface area contributed by atoms with E-state index in [0.29, 0.717) is 10.6 Å². The molecule has 0 radical (unpaired) electrons. The number of nitrogens with zero attached hydrogens (tertiary/aromatic N) is 1. The second-order valence-electron chi connectivity index (χ2n) is 5.04. The van der Waals surface area contributed by atoms with Gasteiger partial charge < -0.3 is 10.8 Å². The summed E-state index contributed by atoms with van der Waals surface area (Å²) >= 11 is 6.36. The van der Waals surface area contributed by atoms with Gasteiger partial charge in [-0.25, -0.2) is 4.98 Å². The molecule has 0 aliphatic heterocycles. The molecule has 1 unspecified atom stereocenters. The molecule has 0 aliphatic rings. The van der Waals surface area contributed by atoms with E-state index in [1.807, 2.05) is 36.4 Å². The molecule has 0 bridgehead atoms. The predicted molar refractivity (Wildman–Crippen MR) is 91.4 cm³/mol. The van der Waals surface area contributed by atoms with Crippen LogP contribution in [0.25, 0.3) is 28.2 Å². The molecule has 3 N–H and O–H groups in total. The molecule has 0 fully saturated rings. The van der Waals surface area contributed by atoms with Crippen molar-refractivity contribution in [3.05, 3.63) is 71.3 Å². The van der Waals surface area contributed by atoms with Crippen LogP contribution in [0.4, 0.5) is 0 Å². The normalized spacial score (nSPS) is 12.3. The quantitative estimate of drug-likeness (QED) is 0.714. The van der Waals surface area contributed by atoms with Crippen LogP contribution in [0.5, 0.6) is 0 Å². The molecule has 1 heterocycles. The van der Waals surface area contributed by atoms with Crippen LogP contribution in [-0.4, -0.2) is 10.1 Å². The van der Waals surface area contributed by atoms with E-state index in [1.54, 1.807) is 18.2 Å². The summed E-state index contributed by atoms with van der Waals surface area (Å²) in [6.07, 6.45) is 0.802. The molecule has 4 heteroatoms. The van der Waals surface area contributed by atoms with Crippen LogP contribution in [0, 0.1) is 0 Å². The summed E-state index contributed by atoms with van der Waals surface area (Å²) in [5, 5.41) is 10.9. The molecule has 2 aromatic carbocycles. The van der Waals surface area contributed by atoms with Gasteiger partial charge in [-0.05, 0) is 23.3 Å². The topological polar surface area (TPSA) is 59.1 Å². The van der Waals surface area contributed by atoms with Gasteiger partial charge in [0.1, 0.15) is 6.23 Å². The summed E-state index contributed by atoms with van der Waals surface area (Å²) in [5.74, 6) is 0. The number of pyridine rings is 1. The van der Waals surface area contributed by atoms with Crippen molar-refractivity contribution < 1.29 is 5.11 Å². The van der Waals surface area contributed by atoms with Gasteiger partial charge >= 0.3 is 0 Å². The summed E-state index contributed by atoms with van der Waals surface area (Å²) in [4.78, 5) is 4.66. The highest BCUT2D eigenvalue weighted by molar-refractivity contribution is 6.35. The van der Waals surface area contributed by atoms with Crippen molar-refractivity contribution in [1.29, 1.82) is 0 Å². The first-order valence-electron chi connectivity index (χ1n) is 6.85. The van der Waals surface area contributed by atoms with Gasteiger partial charge in [0, 0.05) is 10.9 Å². The highest BCUT2D eigenvalue weighted by Gasteiger charge is 2.08. The maximum absolute atomic E-state index is 9.36. The molecule has 110 valence electrons. The van der Waals surface area contributed by atoms with Crippen molar-refractivity contribution in [3.63, 3.8) is 0 Å². The number of aliphatic hydroxyl groups is 1. The lowest BCUT2D eigenvalue weighted by Gasteiger charge is -2.08. The van der Waals surface area contributed by atoms with E-state index in [9.17, 15) is 5.11 Å². The van der Waals surface area contributed by atoms with Crippen LogP contribution in [0.3, 0.4) is 0 Å². The highest BCUT2D eigenvalue weighted by Crippen LogP contribution is 2.29. The Kier molecular flexibility index (Phi) is 3.94. The SMILES string of the molecule is C=Cc1ccc2c(Cl)cc(-c3ccc(C(N)O)cc3)nc2c1. The van der Waals surface area contributed by atoms with E-state index >= 15 is 0 Å². The minimum Gasteiger partial charge on any atom is -0.375 e. The van der Waals surface area contributed by atoms with Crippen LogP contribution in [-0.2, 0) is 0 Å². The Morgan fingerprint density at radius 2 is 1.86 bits per heavy atom. The van der Waals surface area contributed by atoms with Gasteiger partial charge in [0.05, 0.1) is 16.2 Å². The largest absolute Gasteiger partial charge is 0.375 e. The minimum atomic E-state index is -0.975. The maximum Gasteiger partial charge on any atom is 0.128 e. The Bertz CT molecular complexity index is 842. The summed E-state index contributed by atoms with van der Waals surface area (Å²) in [6.45, 7) is 3.77. The van der Waals surface area contributed by atoms with Crippen LogP contribution in [0.15, 0.2) is 55.1 Å². The first-order valence-corrected chi connectivity index (χ1v) is 7.23. The Labute approximate surface area is 133 Å². The number of benzene rings is 2. The van der Waals surface area contributed by atoms with E-state index in [2.05, 4.69) is 11.6 Å². The molecule has 0 aliphatic carbocycles. The molecule has 0 spiro atoms. The van der Waals surface area contributed by atoms with E-state index < -0.39 is 6.23 Å². The number of fused-ring (bicyclic) bond motifs is 1. The van der Waals surface area contributed by atoms with E-state index in [0.717, 1.165) is 27.7 Å². The summed E-state index contributed by atoms with van der Waals surface area (Å²) in [6, 6.07) is 15.0. The maximum atomic E-state index is 9.36. The third kappa shape index (κ3) is 2.74. The number of hydrogen-bond donors (Lipinski definition) is 2. The molecule has 1 aromatic heterocycles. The number of nitrogens with two attached hydrogens (primary N) is 1. The number of hydrogen-bond acceptors (Lipinski definition) is 3. The van der Waals surface area contributed by atoms with E-state index in [4.69, 9.17) is 17.3 Å². The summed E-state index contributed by atoms with van der Waals surface area (Å²) < 4.78 is 0. The standard InChI is InChI=1S/C18H15ClN2O/c1-2-11-3-8-14-15(19)10-16(21-17(14)9-11)12-4-6-13(7-5-12)18(20)22/h2-10,18,22H,1,20H2. The second kappa shape index (κ2) is 5.89. The Morgan fingerprint density at radius 3 is 2.50 bits per heavy atom. The van der Waals surface area contributed by atoms with Crippen LogP contribution >= 0.6 is 11.6 Å². The van der Waals surface area contributed by atoms with Crippen molar-refractivity contribution in [2.75, 3.05) is 0 Å². The molecule has 0 saturated heterocycles. The average molecular weight is 311 g/mol. The fraction of sp³-hybridized carbons (Fsp3) is 0.0556. The highest BCUT2D eigenvalue weighted by atomic mass is 35.5. The van der Waals surface area contributed by atoms with Gasteiger partial charge in [0.15, 0.2) is 0 Å². The van der Waals surface area contributed by atoms with Gasteiger partial charge in [-0.15, -0.1) is 0 Å². The molecule has 3 nitrogen and oxygen atoms in total. The zero-order valence-corrected chi connectivity index (χ0v) is 12.6. The molecule has 1 atom stereocenters. The molecular formula is C18H15ClN2O. The van der Waals surface area contributed by atoms with Crippen LogP contribution in [0.1, 0.15) is 17.4 Å². The number of aliphatic hydroxyl groups excluding tert-OH is 1. The van der Waals surface area contributed by atoms with Gasteiger partial charge in [-0.2, -0.15) is 0 Å². The fourth-order valence-corrected chi connectivity index (χ4v) is 2.59. The first kappa shape index (κ1) is 14.7. The zero-order chi connectivity index (χ0) is 15.7. The zero-order valence-electron chi connectivity index (χ0n) is 11.8. The number of rotatable bonds is 3. The Morgan fingerprint density at radius 1 is 1.14 bits per heavy atom. The van der Waals surface area contributed by atoms with Crippen molar-refractivity contribution in [2.24, 2.45) is 5.73 Å². The monoisotopic (exact) mass is 310 g/mol. The summed E-state index contributed by atoms with van der Waals surface area (Å²) in [7, 11) is 0. The number of aromatic nitrogens is 1. The van der Waals surface area contributed by atoms with Crippen LogP contribution in [0.2, 0.25) is 5.02 Å². The smallest absolute Gasteiger partial charge is 0.128 e. The number of halogens is 1. The Balaban J connectivity index is 2.12. The molecule has 3 rings (SSSR count). The third-order valence-electron chi connectivity index (χ3n) is 3.57. The predicted octanol–water partition coefficient (Wildman–Crippen LogP) is 4.15. The molecule has 3 aromatic rings. The van der Waals surface area contributed by atoms with Crippen molar-refractivity contribution in [2.45, 2.75) is 6.23 Å². The second-order valence-corrected chi connectivity index (χ2v) is 5.44. The van der Waals surface area contributed by atoms with Crippen LogP contribution < -0.4 is 5.73 Å². The lowest BCUT2D eigenvalue weighted by molar-refractivity contribution is 0.186. The summed E-state index contributed by atoms with van der Waals surface area (Å²) in [5.41, 5.74) is 9.61. The molecule has 0 saturated carbocycles. The van der Waals surface area contributed by atoms with Crippen molar-refractivity contribution in [3.8, 4) is 11.3 Å². The van der Waals surface area contributed by atoms with E-state index in [1.165, 1.54) is 0 Å². The lowest BCUT2D eigenvalue weighted by atomic mass is 10.1. The van der Waals surface area contributed by atoms with Crippen molar-refractivity contribution in [1.82, 2.24) is 4.98 Å². The van der Waals surface area contributed by atoms with Crippen molar-refractivity contribution >= 4 is 28.6 Å². The van der Waals surface area contributed by atoms with Gasteiger partial charge in [0.2, 0.25) is 0 Å². The van der Waals surface area contributed by atoms with Gasteiger partial charge in [-0.3, -0.25) is 0 Å². The molecule has 0 amide bonds. The molecule has 22 heavy (non-hydrogen) atoms. The van der Waals surface area contributed by atoms with Gasteiger partial charge in [-0.1, -0.05) is 60.7 Å². The Hall–Kier alpha value is -2.20. The minimum absolute atomic E-state index is 0.651. The van der Waals surface area contributed by atoms with E-state index in [-0.39, 0.29) is 0 Å².